The number of methoxy groups -OCH3 is 1. The van der Waals surface area contributed by atoms with Crippen LogP contribution in [0.25, 0.3) is 0 Å². The molecular weight excluding hydrogens is 261 g/mol. The molecule has 0 radical (unpaired) electrons. The Morgan fingerprint density at radius 2 is 2.05 bits per heavy atom. The van der Waals surface area contributed by atoms with Crippen molar-refractivity contribution in [1.82, 2.24) is 9.97 Å². The molecule has 0 bridgehead atoms. The third kappa shape index (κ3) is 6.80. The Morgan fingerprint density at radius 1 is 1.32 bits per heavy atom. The average molecular weight is 278 g/mol. The van der Waals surface area contributed by atoms with Gasteiger partial charge in [-0.3, -0.25) is 0 Å². The molecule has 0 fully saturated rings. The van der Waals surface area contributed by atoms with Gasteiger partial charge in [0.1, 0.15) is 18.2 Å². The lowest BCUT2D eigenvalue weighted by molar-refractivity contribution is -0.135. The zero-order valence-electron chi connectivity index (χ0n) is 10.6. The van der Waals surface area contributed by atoms with E-state index in [4.69, 9.17) is 10.5 Å². The van der Waals surface area contributed by atoms with E-state index in [0.717, 1.165) is 0 Å². The largest absolute Gasteiger partial charge is 0.389 e. The van der Waals surface area contributed by atoms with Crippen LogP contribution in [0.4, 0.5) is 24.8 Å². The van der Waals surface area contributed by atoms with E-state index in [2.05, 4.69) is 15.3 Å². The fourth-order valence-corrected chi connectivity index (χ4v) is 1.47. The van der Waals surface area contributed by atoms with Crippen LogP contribution in [-0.4, -0.2) is 29.8 Å². The Hall–Kier alpha value is -1.57. The highest BCUT2D eigenvalue weighted by molar-refractivity contribution is 5.44. The minimum absolute atomic E-state index is 0.0853. The first-order valence-corrected chi connectivity index (χ1v) is 5.83. The molecule has 1 aromatic heterocycles. The summed E-state index contributed by atoms with van der Waals surface area (Å²) in [7, 11) is 1.51. The number of hydrogen-bond donors (Lipinski definition) is 2. The second-order valence-electron chi connectivity index (χ2n) is 4.03. The number of nitrogens with two attached hydrogens (primary N) is 1. The van der Waals surface area contributed by atoms with Crippen molar-refractivity contribution in [1.29, 1.82) is 0 Å². The molecule has 0 saturated carbocycles. The van der Waals surface area contributed by atoms with Crippen LogP contribution in [0.2, 0.25) is 0 Å². The zero-order valence-corrected chi connectivity index (χ0v) is 10.6. The van der Waals surface area contributed by atoms with Crippen molar-refractivity contribution in [2.45, 2.75) is 32.0 Å². The van der Waals surface area contributed by atoms with Gasteiger partial charge in [-0.05, 0) is 12.8 Å². The Balaban J connectivity index is 2.36. The second-order valence-corrected chi connectivity index (χ2v) is 4.03. The molecule has 0 atom stereocenters. The number of halogens is 3. The quantitative estimate of drug-likeness (QED) is 0.749. The number of nitrogen functional groups attached to an aromatic ring is 1. The molecule has 0 aliphatic rings. The van der Waals surface area contributed by atoms with Gasteiger partial charge in [-0.25, -0.2) is 9.97 Å². The maximum absolute atomic E-state index is 11.9. The van der Waals surface area contributed by atoms with Crippen LogP contribution in [0.15, 0.2) is 6.07 Å². The van der Waals surface area contributed by atoms with Gasteiger partial charge in [-0.2, -0.15) is 13.2 Å². The molecule has 0 aliphatic heterocycles. The minimum atomic E-state index is -4.09. The molecule has 5 nitrogen and oxygen atoms in total. The topological polar surface area (TPSA) is 73.1 Å². The minimum Gasteiger partial charge on any atom is -0.384 e. The number of nitrogens with zero attached hydrogens (tertiary/aromatic N) is 2. The molecular formula is C11H17F3N4O. The summed E-state index contributed by atoms with van der Waals surface area (Å²) in [6, 6.07) is 1.53. The number of unbranched alkanes of at least 4 members (excludes halogenated alkanes) is 1. The Kier molecular flexibility index (Phi) is 5.81. The van der Waals surface area contributed by atoms with E-state index in [9.17, 15) is 13.2 Å². The molecule has 3 N–H and O–H groups in total. The van der Waals surface area contributed by atoms with Crippen LogP contribution in [0, 0.1) is 0 Å². The van der Waals surface area contributed by atoms with Crippen molar-refractivity contribution >= 4 is 11.6 Å². The molecule has 0 unspecified atom stereocenters. The summed E-state index contributed by atoms with van der Waals surface area (Å²) < 4.78 is 40.7. The molecule has 0 aromatic carbocycles. The molecule has 19 heavy (non-hydrogen) atoms. The van der Waals surface area contributed by atoms with Gasteiger partial charge in [-0.1, -0.05) is 0 Å². The highest BCUT2D eigenvalue weighted by atomic mass is 19.4. The number of anilines is 2. The maximum atomic E-state index is 11.9. The third-order valence-corrected chi connectivity index (χ3v) is 2.26. The van der Waals surface area contributed by atoms with Crippen LogP contribution < -0.4 is 11.1 Å². The lowest BCUT2D eigenvalue weighted by Gasteiger charge is -2.09. The summed E-state index contributed by atoms with van der Waals surface area (Å²) >= 11 is 0. The van der Waals surface area contributed by atoms with Crippen LogP contribution in [0.3, 0.4) is 0 Å². The fourth-order valence-electron chi connectivity index (χ4n) is 1.47. The predicted molar refractivity (Wildman–Crippen MR) is 65.6 cm³/mol. The second kappa shape index (κ2) is 7.13. The van der Waals surface area contributed by atoms with Crippen molar-refractivity contribution in [3.8, 4) is 0 Å². The van der Waals surface area contributed by atoms with Crippen LogP contribution in [0.5, 0.6) is 0 Å². The summed E-state index contributed by atoms with van der Waals surface area (Å²) in [4.78, 5) is 8.07. The monoisotopic (exact) mass is 278 g/mol. The molecule has 1 heterocycles. The maximum Gasteiger partial charge on any atom is 0.389 e. The molecule has 0 aliphatic carbocycles. The molecule has 0 saturated heterocycles. The summed E-state index contributed by atoms with van der Waals surface area (Å²) in [5, 5.41) is 2.92. The van der Waals surface area contributed by atoms with Crippen molar-refractivity contribution < 1.29 is 17.9 Å². The number of nitrogens with one attached hydrogen (secondary N) is 1. The summed E-state index contributed by atoms with van der Waals surface area (Å²) in [6.07, 6.45) is -4.37. The highest BCUT2D eigenvalue weighted by Crippen LogP contribution is 2.22. The Labute approximate surface area is 109 Å². The van der Waals surface area contributed by atoms with Gasteiger partial charge in [0.25, 0.3) is 0 Å². The van der Waals surface area contributed by atoms with Gasteiger partial charge in [0.2, 0.25) is 0 Å². The summed E-state index contributed by atoms with van der Waals surface area (Å²) in [5.74, 6) is 1.21. The van der Waals surface area contributed by atoms with Gasteiger partial charge in [-0.15, -0.1) is 0 Å². The first kappa shape index (κ1) is 15.5. The third-order valence-electron chi connectivity index (χ3n) is 2.26. The van der Waals surface area contributed by atoms with Crippen molar-refractivity contribution in [2.24, 2.45) is 0 Å². The summed E-state index contributed by atoms with van der Waals surface area (Å²) in [5.41, 5.74) is 5.58. The number of alkyl halides is 3. The first-order valence-electron chi connectivity index (χ1n) is 5.83. The molecule has 8 heteroatoms. The predicted octanol–water partition coefficient (Wildman–Crippen LogP) is 2.35. The number of aromatic nitrogens is 2. The molecule has 1 rings (SSSR count). The van der Waals surface area contributed by atoms with Crippen LogP contribution in [0.1, 0.15) is 25.1 Å². The van der Waals surface area contributed by atoms with E-state index in [1.165, 1.54) is 13.2 Å². The lowest BCUT2D eigenvalue weighted by atomic mass is 10.2. The fraction of sp³-hybridized carbons (Fsp3) is 0.636. The van der Waals surface area contributed by atoms with Crippen molar-refractivity contribution in [3.63, 3.8) is 0 Å². The summed E-state index contributed by atoms with van der Waals surface area (Å²) in [6.45, 7) is 0.632. The lowest BCUT2D eigenvalue weighted by Crippen LogP contribution is -2.10. The van der Waals surface area contributed by atoms with Crippen LogP contribution in [-0.2, 0) is 11.3 Å². The van der Waals surface area contributed by atoms with Gasteiger partial charge < -0.3 is 15.8 Å². The van der Waals surface area contributed by atoms with Gasteiger partial charge >= 0.3 is 6.18 Å². The number of rotatable bonds is 7. The number of hydrogen-bond acceptors (Lipinski definition) is 5. The first-order chi connectivity index (χ1) is 8.90. The normalized spacial score (nSPS) is 11.6. The Bertz CT molecular complexity index is 398. The van der Waals surface area contributed by atoms with Gasteiger partial charge in [0.05, 0.1) is 0 Å². The van der Waals surface area contributed by atoms with E-state index in [0.29, 0.717) is 30.4 Å². The molecule has 0 amide bonds. The van der Waals surface area contributed by atoms with Gasteiger partial charge in [0.15, 0.2) is 5.82 Å². The van der Waals surface area contributed by atoms with E-state index >= 15 is 0 Å². The average Bonchev–Trinajstić information content (AvgIpc) is 2.26. The van der Waals surface area contributed by atoms with E-state index in [1.807, 2.05) is 0 Å². The standard InChI is InChI=1S/C11H17F3N4O/c1-19-7-10-17-8(15)6-9(18-10)16-5-3-2-4-11(12,13)14/h6H,2-5,7H2,1H3,(H3,15,16,17,18). The SMILES string of the molecule is COCc1nc(N)cc(NCCCCC(F)(F)F)n1. The van der Waals surface area contributed by atoms with E-state index in [1.54, 1.807) is 0 Å². The Morgan fingerprint density at radius 3 is 2.68 bits per heavy atom. The zero-order chi connectivity index (χ0) is 14.3. The molecule has 0 spiro atoms. The molecule has 1 aromatic rings. The molecule has 108 valence electrons. The van der Waals surface area contributed by atoms with Gasteiger partial charge in [0, 0.05) is 26.1 Å². The number of ether oxygens (including phenoxy) is 1. The van der Waals surface area contributed by atoms with E-state index in [-0.39, 0.29) is 13.0 Å². The van der Waals surface area contributed by atoms with E-state index < -0.39 is 12.6 Å². The smallest absolute Gasteiger partial charge is 0.384 e. The highest BCUT2D eigenvalue weighted by Gasteiger charge is 2.25. The van der Waals surface area contributed by atoms with Crippen molar-refractivity contribution in [3.05, 3.63) is 11.9 Å². The van der Waals surface area contributed by atoms with Crippen LogP contribution >= 0.6 is 0 Å². The van der Waals surface area contributed by atoms with Crippen molar-refractivity contribution in [2.75, 3.05) is 24.7 Å².